The second-order valence-corrected chi connectivity index (χ2v) is 11.5. The maximum absolute atomic E-state index is 3.76. The summed E-state index contributed by atoms with van der Waals surface area (Å²) in [7, 11) is 0. The monoisotopic (exact) mass is 571 g/mol. The van der Waals surface area contributed by atoms with Gasteiger partial charge in [0.15, 0.2) is 0 Å². The molecule has 2 heteroatoms. The summed E-state index contributed by atoms with van der Waals surface area (Å²) in [5, 5.41) is 0. The third-order valence-corrected chi connectivity index (χ3v) is 8.66. The van der Waals surface area contributed by atoms with E-state index in [0.29, 0.717) is 0 Å². The Labute approximate surface area is 241 Å². The highest BCUT2D eigenvalue weighted by Crippen LogP contribution is 2.55. The van der Waals surface area contributed by atoms with Crippen LogP contribution in [0.3, 0.4) is 0 Å². The Kier molecular flexibility index (Phi) is 7.14. The normalized spacial score (nSPS) is 13.1. The maximum Gasteiger partial charge on any atom is 0.0462 e. The summed E-state index contributed by atoms with van der Waals surface area (Å²) < 4.78 is 1.17. The van der Waals surface area contributed by atoms with E-state index >= 15 is 0 Å². The van der Waals surface area contributed by atoms with Crippen molar-refractivity contribution >= 4 is 33.0 Å². The molecule has 0 aromatic heterocycles. The quantitative estimate of drug-likeness (QED) is 0.179. The topological polar surface area (TPSA) is 3.24 Å². The van der Waals surface area contributed by atoms with Crippen molar-refractivity contribution in [3.05, 3.63) is 137 Å². The molecule has 0 aliphatic heterocycles. The summed E-state index contributed by atoms with van der Waals surface area (Å²) in [6.07, 6.45) is 4.67. The van der Waals surface area contributed by atoms with Crippen molar-refractivity contribution in [3.8, 4) is 22.3 Å². The van der Waals surface area contributed by atoms with Crippen LogP contribution in [0.1, 0.15) is 50.7 Å². The fourth-order valence-corrected chi connectivity index (χ4v) is 6.93. The van der Waals surface area contributed by atoms with Gasteiger partial charge >= 0.3 is 0 Å². The number of rotatable bonds is 8. The number of benzene rings is 5. The molecule has 1 nitrogen and oxygen atoms in total. The average molecular weight is 573 g/mol. The molecule has 0 atom stereocenters. The van der Waals surface area contributed by atoms with Crippen molar-refractivity contribution < 1.29 is 0 Å². The molecule has 0 fully saturated rings. The molecule has 194 valence electrons. The van der Waals surface area contributed by atoms with Crippen molar-refractivity contribution in [3.63, 3.8) is 0 Å². The van der Waals surface area contributed by atoms with Crippen molar-refractivity contribution in [2.75, 3.05) is 4.90 Å². The minimum atomic E-state index is 0.0747. The van der Waals surface area contributed by atoms with E-state index in [1.165, 1.54) is 63.5 Å². The number of para-hydroxylation sites is 2. The first kappa shape index (κ1) is 25.6. The van der Waals surface area contributed by atoms with Crippen LogP contribution >= 0.6 is 15.9 Å². The van der Waals surface area contributed by atoms with Crippen molar-refractivity contribution in [2.45, 2.75) is 44.9 Å². The fourth-order valence-electron chi connectivity index (χ4n) is 6.57. The predicted molar refractivity (Wildman–Crippen MR) is 170 cm³/mol. The first-order valence-electron chi connectivity index (χ1n) is 14.1. The van der Waals surface area contributed by atoms with Crippen LogP contribution in [-0.4, -0.2) is 0 Å². The molecule has 0 unspecified atom stereocenters. The summed E-state index contributed by atoms with van der Waals surface area (Å²) in [4.78, 5) is 2.31. The second-order valence-electron chi connectivity index (χ2n) is 10.6. The van der Waals surface area contributed by atoms with Gasteiger partial charge in [-0.3, -0.25) is 0 Å². The summed E-state index contributed by atoms with van der Waals surface area (Å²) >= 11 is 3.76. The number of anilines is 3. The molecule has 6 rings (SSSR count). The smallest absolute Gasteiger partial charge is 0.0462 e. The molecule has 0 amide bonds. The summed E-state index contributed by atoms with van der Waals surface area (Å²) in [6.45, 7) is 4.64. The Hall–Kier alpha value is -3.62. The number of halogens is 1. The molecule has 0 spiro atoms. The SMILES string of the molecule is CCCC1(CCC)c2cc(Br)ccc2-c2ccc(-c3ccc(N(c4ccccc4)c4ccccc4)cc3)cc21. The van der Waals surface area contributed by atoms with E-state index in [2.05, 4.69) is 156 Å². The van der Waals surface area contributed by atoms with E-state index in [4.69, 9.17) is 0 Å². The van der Waals surface area contributed by atoms with Gasteiger partial charge in [-0.2, -0.15) is 0 Å². The Morgan fingerprint density at radius 1 is 0.538 bits per heavy atom. The second kappa shape index (κ2) is 10.9. The van der Waals surface area contributed by atoms with Gasteiger partial charge in [0.1, 0.15) is 0 Å². The van der Waals surface area contributed by atoms with Gasteiger partial charge in [0.05, 0.1) is 0 Å². The molecular weight excluding hydrogens is 538 g/mol. The summed E-state index contributed by atoms with van der Waals surface area (Å²) in [5.74, 6) is 0. The van der Waals surface area contributed by atoms with Gasteiger partial charge in [-0.25, -0.2) is 0 Å². The molecule has 0 bridgehead atoms. The summed E-state index contributed by atoms with van der Waals surface area (Å²) in [6, 6.07) is 44.2. The molecule has 39 heavy (non-hydrogen) atoms. The van der Waals surface area contributed by atoms with Gasteiger partial charge in [-0.05, 0) is 101 Å². The van der Waals surface area contributed by atoms with E-state index in [9.17, 15) is 0 Å². The maximum atomic E-state index is 3.76. The van der Waals surface area contributed by atoms with Crippen LogP contribution in [0.5, 0.6) is 0 Å². The lowest BCUT2D eigenvalue weighted by Crippen LogP contribution is -2.25. The lowest BCUT2D eigenvalue weighted by atomic mass is 9.71. The van der Waals surface area contributed by atoms with Crippen LogP contribution < -0.4 is 4.90 Å². The molecule has 5 aromatic rings. The molecule has 0 heterocycles. The van der Waals surface area contributed by atoms with Crippen LogP contribution in [0.15, 0.2) is 126 Å². The van der Waals surface area contributed by atoms with E-state index in [0.717, 1.165) is 17.1 Å². The largest absolute Gasteiger partial charge is 0.311 e. The molecule has 1 aliphatic rings. The molecular formula is C37H34BrN. The van der Waals surface area contributed by atoms with E-state index in [-0.39, 0.29) is 5.41 Å². The van der Waals surface area contributed by atoms with E-state index in [1.54, 1.807) is 0 Å². The minimum absolute atomic E-state index is 0.0747. The zero-order chi connectivity index (χ0) is 26.8. The van der Waals surface area contributed by atoms with Crippen molar-refractivity contribution in [1.82, 2.24) is 0 Å². The van der Waals surface area contributed by atoms with Crippen LogP contribution in [0, 0.1) is 0 Å². The highest BCUT2D eigenvalue weighted by atomic mass is 79.9. The van der Waals surface area contributed by atoms with E-state index < -0.39 is 0 Å². The third-order valence-electron chi connectivity index (χ3n) is 8.16. The zero-order valence-corrected chi connectivity index (χ0v) is 24.3. The number of fused-ring (bicyclic) bond motifs is 3. The highest BCUT2D eigenvalue weighted by molar-refractivity contribution is 9.10. The van der Waals surface area contributed by atoms with Gasteiger partial charge in [0.25, 0.3) is 0 Å². The van der Waals surface area contributed by atoms with Gasteiger partial charge in [-0.1, -0.05) is 109 Å². The van der Waals surface area contributed by atoms with Gasteiger partial charge in [-0.15, -0.1) is 0 Å². The van der Waals surface area contributed by atoms with E-state index in [1.807, 2.05) is 0 Å². The lowest BCUT2D eigenvalue weighted by Gasteiger charge is -2.32. The van der Waals surface area contributed by atoms with Crippen molar-refractivity contribution in [2.24, 2.45) is 0 Å². The van der Waals surface area contributed by atoms with Crippen LogP contribution in [-0.2, 0) is 5.41 Å². The van der Waals surface area contributed by atoms with Crippen molar-refractivity contribution in [1.29, 1.82) is 0 Å². The van der Waals surface area contributed by atoms with Gasteiger partial charge in [0, 0.05) is 26.9 Å². The fraction of sp³-hybridized carbons (Fsp3) is 0.189. The zero-order valence-electron chi connectivity index (χ0n) is 22.7. The summed E-state index contributed by atoms with van der Waals surface area (Å²) in [5.41, 5.74) is 11.9. The molecule has 0 N–H and O–H groups in total. The predicted octanol–water partition coefficient (Wildman–Crippen LogP) is 11.5. The first-order valence-corrected chi connectivity index (χ1v) is 14.9. The molecule has 0 saturated carbocycles. The number of hydrogen-bond acceptors (Lipinski definition) is 1. The minimum Gasteiger partial charge on any atom is -0.311 e. The van der Waals surface area contributed by atoms with Crippen LogP contribution in [0.25, 0.3) is 22.3 Å². The van der Waals surface area contributed by atoms with Crippen LogP contribution in [0.4, 0.5) is 17.1 Å². The average Bonchev–Trinajstić information content (AvgIpc) is 3.23. The number of hydrogen-bond donors (Lipinski definition) is 0. The Bertz CT molecular complexity index is 1530. The molecule has 5 aromatic carbocycles. The Balaban J connectivity index is 1.42. The molecule has 0 saturated heterocycles. The number of nitrogens with zero attached hydrogens (tertiary/aromatic N) is 1. The molecule has 0 radical (unpaired) electrons. The molecule has 1 aliphatic carbocycles. The van der Waals surface area contributed by atoms with Crippen LogP contribution in [0.2, 0.25) is 0 Å². The van der Waals surface area contributed by atoms with Gasteiger partial charge in [0.2, 0.25) is 0 Å². The third kappa shape index (κ3) is 4.61. The lowest BCUT2D eigenvalue weighted by molar-refractivity contribution is 0.436. The first-order chi connectivity index (χ1) is 19.1. The Morgan fingerprint density at radius 2 is 1.03 bits per heavy atom. The Morgan fingerprint density at radius 3 is 1.59 bits per heavy atom. The standard InChI is InChI=1S/C37H34BrN/c1-3-23-37(24-4-2)35-25-28(17-21-33(35)34-22-18-29(38)26-36(34)37)27-15-19-32(20-16-27)39(30-11-7-5-8-12-30)31-13-9-6-10-14-31/h5-22,25-26H,3-4,23-24H2,1-2H3. The highest BCUT2D eigenvalue weighted by Gasteiger charge is 2.42. The van der Waals surface area contributed by atoms with Gasteiger partial charge < -0.3 is 4.90 Å².